The molecule has 0 spiro atoms. The van der Waals surface area contributed by atoms with Crippen LogP contribution >= 0.6 is 15.9 Å². The molecule has 2 rings (SSSR count). The lowest BCUT2D eigenvalue weighted by atomic mass is 10.1. The first-order valence-corrected chi connectivity index (χ1v) is 8.17. The standard InChI is InChI=1S/C18H19BrN2O2/c1-14-12-16(19)9-10-17(14)23-13-18(22)21-20-11-5-8-15-6-3-2-4-7-15/h2-4,6-7,9-12H,5,8,13H2,1H3,(H,21,22)/b20-11+. The number of ether oxygens (including phenoxy) is 1. The molecule has 4 nitrogen and oxygen atoms in total. The Morgan fingerprint density at radius 2 is 2.04 bits per heavy atom. The Kier molecular flexibility index (Phi) is 6.81. The van der Waals surface area contributed by atoms with Gasteiger partial charge in [0.1, 0.15) is 5.75 Å². The molecule has 0 bridgehead atoms. The molecule has 1 amide bonds. The van der Waals surface area contributed by atoms with Crippen LogP contribution in [0, 0.1) is 6.92 Å². The van der Waals surface area contributed by atoms with Crippen LogP contribution in [0.5, 0.6) is 5.75 Å². The largest absolute Gasteiger partial charge is 0.483 e. The van der Waals surface area contributed by atoms with Crippen LogP contribution in [-0.4, -0.2) is 18.7 Å². The van der Waals surface area contributed by atoms with Gasteiger partial charge in [-0.25, -0.2) is 5.43 Å². The second-order valence-corrected chi connectivity index (χ2v) is 5.99. The summed E-state index contributed by atoms with van der Waals surface area (Å²) in [6, 6.07) is 15.8. The number of aryl methyl sites for hydroxylation is 2. The number of hydrazone groups is 1. The highest BCUT2D eigenvalue weighted by molar-refractivity contribution is 9.10. The summed E-state index contributed by atoms with van der Waals surface area (Å²) >= 11 is 3.39. The number of benzene rings is 2. The lowest BCUT2D eigenvalue weighted by Gasteiger charge is -2.08. The fourth-order valence-corrected chi connectivity index (χ4v) is 2.48. The molecule has 5 heteroatoms. The zero-order valence-corrected chi connectivity index (χ0v) is 14.5. The fourth-order valence-electron chi connectivity index (χ4n) is 2.01. The minimum absolute atomic E-state index is 0.0570. The predicted octanol–water partition coefficient (Wildman–Crippen LogP) is 3.87. The maximum atomic E-state index is 11.7. The first-order chi connectivity index (χ1) is 11.1. The van der Waals surface area contributed by atoms with Crippen molar-refractivity contribution in [2.75, 3.05) is 6.61 Å². The molecule has 0 aliphatic carbocycles. The molecule has 0 atom stereocenters. The van der Waals surface area contributed by atoms with Gasteiger partial charge in [-0.05, 0) is 49.1 Å². The van der Waals surface area contributed by atoms with Crippen molar-refractivity contribution in [3.05, 3.63) is 64.1 Å². The van der Waals surface area contributed by atoms with E-state index in [1.54, 1.807) is 6.21 Å². The van der Waals surface area contributed by atoms with Crippen molar-refractivity contribution in [3.63, 3.8) is 0 Å². The highest BCUT2D eigenvalue weighted by Crippen LogP contribution is 2.21. The SMILES string of the molecule is Cc1cc(Br)ccc1OCC(=O)N/N=C/CCc1ccccc1. The molecular formula is C18H19BrN2O2. The van der Waals surface area contributed by atoms with E-state index >= 15 is 0 Å². The van der Waals surface area contributed by atoms with Gasteiger partial charge in [0.15, 0.2) is 6.61 Å². The molecule has 0 unspecified atom stereocenters. The monoisotopic (exact) mass is 374 g/mol. The molecular weight excluding hydrogens is 356 g/mol. The number of nitrogens with one attached hydrogen (secondary N) is 1. The van der Waals surface area contributed by atoms with Gasteiger partial charge < -0.3 is 4.74 Å². The van der Waals surface area contributed by atoms with Crippen molar-refractivity contribution in [1.29, 1.82) is 0 Å². The molecule has 2 aromatic rings. The zero-order valence-electron chi connectivity index (χ0n) is 13.0. The van der Waals surface area contributed by atoms with Gasteiger partial charge in [-0.15, -0.1) is 0 Å². The minimum Gasteiger partial charge on any atom is -0.483 e. The molecule has 1 N–H and O–H groups in total. The quantitative estimate of drug-likeness (QED) is 0.590. The van der Waals surface area contributed by atoms with Crippen molar-refractivity contribution in [2.24, 2.45) is 5.10 Å². The topological polar surface area (TPSA) is 50.7 Å². The van der Waals surface area contributed by atoms with Crippen LogP contribution in [0.15, 0.2) is 58.1 Å². The Labute approximate surface area is 144 Å². The summed E-state index contributed by atoms with van der Waals surface area (Å²) in [5.41, 5.74) is 4.69. The number of rotatable bonds is 7. The number of hydrogen-bond donors (Lipinski definition) is 1. The molecule has 0 radical (unpaired) electrons. The number of nitrogens with zero attached hydrogens (tertiary/aromatic N) is 1. The third kappa shape index (κ3) is 6.24. The van der Waals surface area contributed by atoms with Gasteiger partial charge in [0.2, 0.25) is 0 Å². The summed E-state index contributed by atoms with van der Waals surface area (Å²) in [6.45, 7) is 1.87. The first kappa shape index (κ1) is 17.2. The lowest BCUT2D eigenvalue weighted by molar-refractivity contribution is -0.123. The summed E-state index contributed by atoms with van der Waals surface area (Å²) in [5, 5.41) is 3.92. The van der Waals surface area contributed by atoms with Crippen molar-refractivity contribution in [2.45, 2.75) is 19.8 Å². The average Bonchev–Trinajstić information content (AvgIpc) is 2.54. The second-order valence-electron chi connectivity index (χ2n) is 5.07. The van der Waals surface area contributed by atoms with E-state index in [-0.39, 0.29) is 12.5 Å². The third-order valence-electron chi connectivity index (χ3n) is 3.18. The summed E-state index contributed by atoms with van der Waals surface area (Å²) < 4.78 is 6.45. The minimum atomic E-state index is -0.275. The van der Waals surface area contributed by atoms with Gasteiger partial charge in [-0.3, -0.25) is 4.79 Å². The van der Waals surface area contributed by atoms with E-state index in [1.807, 2.05) is 43.3 Å². The van der Waals surface area contributed by atoms with Gasteiger partial charge in [-0.2, -0.15) is 5.10 Å². The van der Waals surface area contributed by atoms with Crippen molar-refractivity contribution in [1.82, 2.24) is 5.43 Å². The molecule has 0 saturated carbocycles. The molecule has 0 saturated heterocycles. The van der Waals surface area contributed by atoms with E-state index in [4.69, 9.17) is 4.74 Å². The van der Waals surface area contributed by atoms with Crippen LogP contribution in [0.1, 0.15) is 17.5 Å². The predicted molar refractivity (Wildman–Crippen MR) is 95.8 cm³/mol. The normalized spacial score (nSPS) is 10.7. The lowest BCUT2D eigenvalue weighted by Crippen LogP contribution is -2.24. The van der Waals surface area contributed by atoms with E-state index in [9.17, 15) is 4.79 Å². The summed E-state index contributed by atoms with van der Waals surface area (Å²) in [4.78, 5) is 11.7. The van der Waals surface area contributed by atoms with Crippen molar-refractivity contribution >= 4 is 28.1 Å². The van der Waals surface area contributed by atoms with E-state index in [1.165, 1.54) is 5.56 Å². The fraction of sp³-hybridized carbons (Fsp3) is 0.222. The molecule has 0 aromatic heterocycles. The van der Waals surface area contributed by atoms with Gasteiger partial charge in [0.05, 0.1) is 0 Å². The van der Waals surface area contributed by atoms with Gasteiger partial charge >= 0.3 is 0 Å². The molecule has 120 valence electrons. The smallest absolute Gasteiger partial charge is 0.277 e. The number of amides is 1. The Morgan fingerprint density at radius 1 is 1.26 bits per heavy atom. The van der Waals surface area contributed by atoms with Gasteiger partial charge in [-0.1, -0.05) is 46.3 Å². The van der Waals surface area contributed by atoms with Crippen LogP contribution < -0.4 is 10.2 Å². The molecule has 23 heavy (non-hydrogen) atoms. The van der Waals surface area contributed by atoms with Crippen LogP contribution in [0.4, 0.5) is 0 Å². The number of hydrogen-bond acceptors (Lipinski definition) is 3. The number of carbonyl (C=O) groups is 1. The molecule has 0 fully saturated rings. The second kappa shape index (κ2) is 9.10. The Hall–Kier alpha value is -2.14. The maximum absolute atomic E-state index is 11.7. The molecule has 2 aromatic carbocycles. The Balaban J connectivity index is 1.67. The van der Waals surface area contributed by atoms with Crippen LogP contribution in [-0.2, 0) is 11.2 Å². The molecule has 0 aliphatic rings. The summed E-state index contributed by atoms with van der Waals surface area (Å²) in [6.07, 6.45) is 3.38. The maximum Gasteiger partial charge on any atom is 0.277 e. The van der Waals surface area contributed by atoms with Gasteiger partial charge in [0, 0.05) is 10.7 Å². The van der Waals surface area contributed by atoms with E-state index < -0.39 is 0 Å². The highest BCUT2D eigenvalue weighted by Gasteiger charge is 2.04. The van der Waals surface area contributed by atoms with Crippen LogP contribution in [0.3, 0.4) is 0 Å². The average molecular weight is 375 g/mol. The Morgan fingerprint density at radius 3 is 2.78 bits per heavy atom. The molecule has 0 aliphatic heterocycles. The van der Waals surface area contributed by atoms with Gasteiger partial charge in [0.25, 0.3) is 5.91 Å². The van der Waals surface area contributed by atoms with E-state index in [0.29, 0.717) is 5.75 Å². The summed E-state index contributed by atoms with van der Waals surface area (Å²) in [5.74, 6) is 0.416. The molecule has 0 heterocycles. The number of halogens is 1. The van der Waals surface area contributed by atoms with Crippen LogP contribution in [0.2, 0.25) is 0 Å². The third-order valence-corrected chi connectivity index (χ3v) is 3.67. The van der Waals surface area contributed by atoms with Crippen LogP contribution in [0.25, 0.3) is 0 Å². The zero-order chi connectivity index (χ0) is 16.5. The van der Waals surface area contributed by atoms with Crippen molar-refractivity contribution in [3.8, 4) is 5.75 Å². The van der Waals surface area contributed by atoms with Crippen molar-refractivity contribution < 1.29 is 9.53 Å². The summed E-state index contributed by atoms with van der Waals surface area (Å²) in [7, 11) is 0. The Bertz CT molecular complexity index is 672. The first-order valence-electron chi connectivity index (χ1n) is 7.38. The number of carbonyl (C=O) groups excluding carboxylic acids is 1. The van der Waals surface area contributed by atoms with E-state index in [0.717, 1.165) is 22.9 Å². The highest BCUT2D eigenvalue weighted by atomic mass is 79.9. The van der Waals surface area contributed by atoms with E-state index in [2.05, 4.69) is 38.6 Å².